The fraction of sp³-hybridized carbons (Fsp3) is 0.0435. The predicted molar refractivity (Wildman–Crippen MR) is 125 cm³/mol. The zero-order chi connectivity index (χ0) is 20.9. The quantitative estimate of drug-likeness (QED) is 0.330. The third kappa shape index (κ3) is 5.09. The van der Waals surface area contributed by atoms with Gasteiger partial charge in [-0.05, 0) is 48.0 Å². The summed E-state index contributed by atoms with van der Waals surface area (Å²) >= 11 is 9.49. The molecule has 4 aromatic rings. The fourth-order valence-corrected chi connectivity index (χ4v) is 3.40. The maximum atomic E-state index is 6.09. The van der Waals surface area contributed by atoms with Crippen LogP contribution in [0.4, 0.5) is 17.5 Å². The summed E-state index contributed by atoms with van der Waals surface area (Å²) in [5, 5.41) is 3.90. The Morgan fingerprint density at radius 1 is 0.933 bits per heavy atom. The van der Waals surface area contributed by atoms with Gasteiger partial charge < -0.3 is 15.8 Å². The van der Waals surface area contributed by atoms with E-state index >= 15 is 0 Å². The number of nitrogens with two attached hydrogens (primary N) is 1. The summed E-state index contributed by atoms with van der Waals surface area (Å²) in [6.45, 7) is 0.450. The van der Waals surface area contributed by atoms with Gasteiger partial charge in [-0.2, -0.15) is 4.98 Å². The Hall–Kier alpha value is -3.09. The van der Waals surface area contributed by atoms with Crippen LogP contribution in [-0.4, -0.2) is 9.97 Å². The molecule has 0 atom stereocenters. The van der Waals surface area contributed by atoms with Gasteiger partial charge in [0.25, 0.3) is 0 Å². The average molecular weight is 482 g/mol. The third-order valence-electron chi connectivity index (χ3n) is 4.31. The second-order valence-corrected chi connectivity index (χ2v) is 7.90. The third-order valence-corrected chi connectivity index (χ3v) is 5.06. The Labute approximate surface area is 188 Å². The summed E-state index contributed by atoms with van der Waals surface area (Å²) in [5.74, 6) is 1.45. The number of nitrogens with one attached hydrogen (secondary N) is 1. The molecule has 0 aliphatic heterocycles. The molecule has 0 aliphatic rings. The largest absolute Gasteiger partial charge is 0.488 e. The first kappa shape index (κ1) is 20.2. The average Bonchev–Trinajstić information content (AvgIpc) is 2.75. The zero-order valence-electron chi connectivity index (χ0n) is 15.8. The highest BCUT2D eigenvalue weighted by Crippen LogP contribution is 2.34. The van der Waals surface area contributed by atoms with Gasteiger partial charge in [-0.25, -0.2) is 4.98 Å². The number of halogens is 2. The molecular formula is C23H18BrClN4O. The van der Waals surface area contributed by atoms with E-state index in [2.05, 4.69) is 31.2 Å². The number of aromatic nitrogens is 2. The van der Waals surface area contributed by atoms with Crippen LogP contribution in [0.2, 0.25) is 5.02 Å². The molecule has 0 bridgehead atoms. The summed E-state index contributed by atoms with van der Waals surface area (Å²) in [5.41, 5.74) is 9.39. The fourth-order valence-electron chi connectivity index (χ4n) is 2.91. The highest BCUT2D eigenvalue weighted by molar-refractivity contribution is 9.10. The second-order valence-electron chi connectivity index (χ2n) is 6.54. The molecule has 0 radical (unpaired) electrons. The van der Waals surface area contributed by atoms with Crippen molar-refractivity contribution in [1.82, 2.24) is 9.97 Å². The van der Waals surface area contributed by atoms with E-state index in [0.29, 0.717) is 28.9 Å². The maximum Gasteiger partial charge on any atom is 0.222 e. The van der Waals surface area contributed by atoms with E-state index in [-0.39, 0.29) is 5.95 Å². The van der Waals surface area contributed by atoms with Gasteiger partial charge in [-0.3, -0.25) is 0 Å². The Bertz CT molecular complexity index is 1150. The van der Waals surface area contributed by atoms with Gasteiger partial charge in [0.2, 0.25) is 5.95 Å². The summed E-state index contributed by atoms with van der Waals surface area (Å²) in [6.07, 6.45) is 0. The van der Waals surface area contributed by atoms with Crippen molar-refractivity contribution in [2.24, 2.45) is 0 Å². The number of ether oxygens (including phenoxy) is 1. The molecule has 0 aliphatic carbocycles. The van der Waals surface area contributed by atoms with Crippen molar-refractivity contribution in [2.75, 3.05) is 11.1 Å². The Morgan fingerprint density at radius 2 is 1.70 bits per heavy atom. The van der Waals surface area contributed by atoms with Crippen molar-refractivity contribution in [1.29, 1.82) is 0 Å². The number of benzene rings is 3. The van der Waals surface area contributed by atoms with Crippen LogP contribution >= 0.6 is 27.5 Å². The Balaban J connectivity index is 1.64. The molecule has 0 saturated carbocycles. The molecule has 3 aromatic carbocycles. The highest BCUT2D eigenvalue weighted by atomic mass is 79.9. The molecule has 0 amide bonds. The van der Waals surface area contributed by atoms with Crippen LogP contribution in [0.1, 0.15) is 5.56 Å². The molecule has 1 heterocycles. The monoisotopic (exact) mass is 480 g/mol. The first-order chi connectivity index (χ1) is 14.6. The summed E-state index contributed by atoms with van der Waals surface area (Å²) in [4.78, 5) is 8.71. The van der Waals surface area contributed by atoms with E-state index in [1.807, 2.05) is 66.7 Å². The molecule has 30 heavy (non-hydrogen) atoms. The predicted octanol–water partition coefficient (Wildman–Crippen LogP) is 6.46. The normalized spacial score (nSPS) is 10.6. The molecule has 0 spiro atoms. The van der Waals surface area contributed by atoms with Crippen LogP contribution in [0.5, 0.6) is 5.75 Å². The number of anilines is 3. The van der Waals surface area contributed by atoms with Crippen molar-refractivity contribution >= 4 is 45.0 Å². The van der Waals surface area contributed by atoms with Crippen molar-refractivity contribution in [3.05, 3.63) is 93.9 Å². The number of nitrogens with zero attached hydrogens (tertiary/aromatic N) is 2. The lowest BCUT2D eigenvalue weighted by Gasteiger charge is -2.14. The lowest BCUT2D eigenvalue weighted by atomic mass is 10.1. The van der Waals surface area contributed by atoms with Gasteiger partial charge in [0, 0.05) is 26.8 Å². The molecule has 3 N–H and O–H groups in total. The Morgan fingerprint density at radius 3 is 2.47 bits per heavy atom. The molecule has 150 valence electrons. The van der Waals surface area contributed by atoms with Crippen molar-refractivity contribution < 1.29 is 4.74 Å². The van der Waals surface area contributed by atoms with Gasteiger partial charge in [0.1, 0.15) is 18.2 Å². The first-order valence-corrected chi connectivity index (χ1v) is 10.4. The number of rotatable bonds is 6. The molecule has 1 aromatic heterocycles. The van der Waals surface area contributed by atoms with E-state index in [0.717, 1.165) is 21.3 Å². The van der Waals surface area contributed by atoms with Gasteiger partial charge in [0.15, 0.2) is 0 Å². The van der Waals surface area contributed by atoms with E-state index in [1.165, 1.54) is 0 Å². The molecule has 0 fully saturated rings. The second kappa shape index (κ2) is 9.15. The van der Waals surface area contributed by atoms with E-state index in [1.54, 1.807) is 12.1 Å². The standard InChI is InChI=1S/C23H18BrClN4O/c24-16-6-11-21(30-14-15-4-2-1-3-5-15)19(12-16)20-13-22(29-23(26)28-20)27-18-9-7-17(25)8-10-18/h1-13H,14H2,(H3,26,27,28,29). The SMILES string of the molecule is Nc1nc(Nc2ccc(Cl)cc2)cc(-c2cc(Br)ccc2OCc2ccccc2)n1. The van der Waals surface area contributed by atoms with Crippen LogP contribution in [0, 0.1) is 0 Å². The molecule has 0 unspecified atom stereocenters. The smallest absolute Gasteiger partial charge is 0.222 e. The lowest BCUT2D eigenvalue weighted by Crippen LogP contribution is -2.03. The maximum absolute atomic E-state index is 6.09. The van der Waals surface area contributed by atoms with Gasteiger partial charge in [-0.1, -0.05) is 57.9 Å². The number of nitrogen functional groups attached to an aromatic ring is 1. The lowest BCUT2D eigenvalue weighted by molar-refractivity contribution is 0.307. The minimum Gasteiger partial charge on any atom is -0.488 e. The van der Waals surface area contributed by atoms with E-state index < -0.39 is 0 Å². The van der Waals surface area contributed by atoms with E-state index in [4.69, 9.17) is 22.1 Å². The zero-order valence-corrected chi connectivity index (χ0v) is 18.2. The summed E-state index contributed by atoms with van der Waals surface area (Å²) in [7, 11) is 0. The van der Waals surface area contributed by atoms with E-state index in [9.17, 15) is 0 Å². The molecule has 4 rings (SSSR count). The number of hydrogen-bond acceptors (Lipinski definition) is 5. The van der Waals surface area contributed by atoms with Gasteiger partial charge >= 0.3 is 0 Å². The first-order valence-electron chi connectivity index (χ1n) is 9.20. The molecule has 0 saturated heterocycles. The molecular weight excluding hydrogens is 464 g/mol. The van der Waals surface area contributed by atoms with Crippen molar-refractivity contribution in [3.63, 3.8) is 0 Å². The van der Waals surface area contributed by atoms with Crippen LogP contribution in [0.25, 0.3) is 11.3 Å². The minimum absolute atomic E-state index is 0.165. The van der Waals surface area contributed by atoms with Crippen LogP contribution in [0.15, 0.2) is 83.3 Å². The molecule has 5 nitrogen and oxygen atoms in total. The van der Waals surface area contributed by atoms with Gasteiger partial charge in [-0.15, -0.1) is 0 Å². The van der Waals surface area contributed by atoms with Crippen molar-refractivity contribution in [3.8, 4) is 17.0 Å². The van der Waals surface area contributed by atoms with Crippen molar-refractivity contribution in [2.45, 2.75) is 6.61 Å². The topological polar surface area (TPSA) is 73.1 Å². The summed E-state index contributed by atoms with van der Waals surface area (Å²) in [6, 6.07) is 25.0. The highest BCUT2D eigenvalue weighted by Gasteiger charge is 2.12. The van der Waals surface area contributed by atoms with Gasteiger partial charge in [0.05, 0.1) is 5.69 Å². The van der Waals surface area contributed by atoms with Crippen LogP contribution in [-0.2, 0) is 6.61 Å². The minimum atomic E-state index is 0.165. The van der Waals surface area contributed by atoms with Crippen LogP contribution < -0.4 is 15.8 Å². The summed E-state index contributed by atoms with van der Waals surface area (Å²) < 4.78 is 7.00. The van der Waals surface area contributed by atoms with Crippen LogP contribution in [0.3, 0.4) is 0 Å². The number of hydrogen-bond donors (Lipinski definition) is 2. The molecule has 7 heteroatoms. The Kier molecular flexibility index (Phi) is 6.16.